The van der Waals surface area contributed by atoms with Crippen molar-refractivity contribution in [1.82, 2.24) is 0 Å². The molecule has 0 spiro atoms. The lowest BCUT2D eigenvalue weighted by molar-refractivity contribution is -0.127. The molecule has 1 aliphatic rings. The van der Waals surface area contributed by atoms with Crippen LogP contribution in [0.3, 0.4) is 0 Å². The number of ketones is 2. The zero-order valence-electron chi connectivity index (χ0n) is 16.8. The third-order valence-electron chi connectivity index (χ3n) is 4.50. The van der Waals surface area contributed by atoms with Gasteiger partial charge in [-0.25, -0.2) is 4.99 Å². The van der Waals surface area contributed by atoms with Crippen LogP contribution in [-0.2, 0) is 19.1 Å². The molecule has 1 fully saturated rings. The standard InChI is InChI=1S/C20H26F3NO5/c1-5-13-7-8-16(25)17(18(13)26)19(27)14(6-2)15(11-29-10-9-28-4)24-12(3)20(21,22)23/h6,13,27H,2,5,7-11H2,1,3-4H3/b15-14+,19-17?,24-12?. The first-order valence-corrected chi connectivity index (χ1v) is 9.14. The van der Waals surface area contributed by atoms with E-state index in [1.807, 2.05) is 0 Å². The van der Waals surface area contributed by atoms with Crippen LogP contribution in [0.4, 0.5) is 13.2 Å². The van der Waals surface area contributed by atoms with Gasteiger partial charge in [-0.1, -0.05) is 19.6 Å². The molecule has 1 aliphatic carbocycles. The van der Waals surface area contributed by atoms with Crippen molar-refractivity contribution in [3.05, 3.63) is 35.3 Å². The Bertz CT molecular complexity index is 735. The van der Waals surface area contributed by atoms with Crippen molar-refractivity contribution in [2.75, 3.05) is 26.9 Å². The van der Waals surface area contributed by atoms with E-state index in [0.717, 1.165) is 13.0 Å². The lowest BCUT2D eigenvalue weighted by Crippen LogP contribution is -2.29. The number of aliphatic hydroxyl groups excluding tert-OH is 1. The fraction of sp³-hybridized carbons (Fsp3) is 0.550. The fourth-order valence-corrected chi connectivity index (χ4v) is 2.77. The smallest absolute Gasteiger partial charge is 0.429 e. The number of halogens is 3. The van der Waals surface area contributed by atoms with Crippen molar-refractivity contribution < 1.29 is 37.3 Å². The number of methoxy groups -OCH3 is 1. The van der Waals surface area contributed by atoms with Crippen LogP contribution in [0.2, 0.25) is 0 Å². The molecular weight excluding hydrogens is 391 g/mol. The number of Topliss-reactive ketones (excluding diaryl/α,β-unsaturated/α-hetero) is 2. The number of hydrogen-bond acceptors (Lipinski definition) is 6. The second-order valence-electron chi connectivity index (χ2n) is 6.46. The van der Waals surface area contributed by atoms with Crippen LogP contribution in [0.15, 0.2) is 40.2 Å². The molecule has 162 valence electrons. The summed E-state index contributed by atoms with van der Waals surface area (Å²) in [5.41, 5.74) is -2.14. The molecule has 1 atom stereocenters. The summed E-state index contributed by atoms with van der Waals surface area (Å²) in [6.07, 6.45) is -2.72. The molecule has 1 unspecified atom stereocenters. The average Bonchev–Trinajstić information content (AvgIpc) is 2.65. The van der Waals surface area contributed by atoms with Crippen LogP contribution in [0.5, 0.6) is 0 Å². The Hall–Kier alpha value is -2.26. The number of allylic oxidation sites excluding steroid dienone is 2. The van der Waals surface area contributed by atoms with E-state index < -0.39 is 47.3 Å². The summed E-state index contributed by atoms with van der Waals surface area (Å²) in [7, 11) is 1.43. The van der Waals surface area contributed by atoms with Crippen LogP contribution in [0, 0.1) is 5.92 Å². The van der Waals surface area contributed by atoms with Gasteiger partial charge in [-0.05, 0) is 19.8 Å². The van der Waals surface area contributed by atoms with Gasteiger partial charge < -0.3 is 14.6 Å². The summed E-state index contributed by atoms with van der Waals surface area (Å²) in [6.45, 7) is 5.90. The maximum atomic E-state index is 13.0. The zero-order chi connectivity index (χ0) is 22.2. The largest absolute Gasteiger partial charge is 0.506 e. The Kier molecular flexibility index (Phi) is 9.45. The summed E-state index contributed by atoms with van der Waals surface area (Å²) < 4.78 is 49.0. The number of aliphatic hydroxyl groups is 1. The number of aliphatic imine (C=N–C) groups is 1. The van der Waals surface area contributed by atoms with Crippen LogP contribution in [0.1, 0.15) is 33.1 Å². The fourth-order valence-electron chi connectivity index (χ4n) is 2.77. The van der Waals surface area contributed by atoms with Gasteiger partial charge in [0.05, 0.1) is 25.5 Å². The number of carbonyl (C=O) groups excluding carboxylic acids is 2. The molecular formula is C20H26F3NO5. The number of rotatable bonds is 9. The monoisotopic (exact) mass is 417 g/mol. The Morgan fingerprint density at radius 2 is 2.00 bits per heavy atom. The first kappa shape index (κ1) is 24.8. The highest BCUT2D eigenvalue weighted by Gasteiger charge is 2.35. The molecule has 0 aromatic rings. The van der Waals surface area contributed by atoms with Gasteiger partial charge in [-0.2, -0.15) is 13.2 Å². The second-order valence-corrected chi connectivity index (χ2v) is 6.46. The van der Waals surface area contributed by atoms with Crippen LogP contribution >= 0.6 is 0 Å². The van der Waals surface area contributed by atoms with E-state index in [9.17, 15) is 27.9 Å². The Labute approximate surface area is 167 Å². The molecule has 0 saturated heterocycles. The molecule has 0 radical (unpaired) electrons. The van der Waals surface area contributed by atoms with E-state index in [4.69, 9.17) is 9.47 Å². The minimum Gasteiger partial charge on any atom is -0.506 e. The molecule has 0 heterocycles. The summed E-state index contributed by atoms with van der Waals surface area (Å²) in [5.74, 6) is -2.25. The van der Waals surface area contributed by atoms with E-state index in [-0.39, 0.29) is 30.9 Å². The number of alkyl halides is 3. The van der Waals surface area contributed by atoms with E-state index in [1.165, 1.54) is 7.11 Å². The van der Waals surface area contributed by atoms with Crippen molar-refractivity contribution in [1.29, 1.82) is 0 Å². The van der Waals surface area contributed by atoms with Gasteiger partial charge in [0.25, 0.3) is 0 Å². The molecule has 6 nitrogen and oxygen atoms in total. The summed E-state index contributed by atoms with van der Waals surface area (Å²) in [5, 5.41) is 10.7. The molecule has 0 aliphatic heterocycles. The van der Waals surface area contributed by atoms with Gasteiger partial charge in [0, 0.05) is 25.0 Å². The molecule has 1 rings (SSSR count). The first-order chi connectivity index (χ1) is 13.6. The first-order valence-electron chi connectivity index (χ1n) is 9.14. The van der Waals surface area contributed by atoms with E-state index >= 15 is 0 Å². The Balaban J connectivity index is 3.53. The van der Waals surface area contributed by atoms with Crippen molar-refractivity contribution in [3.63, 3.8) is 0 Å². The molecule has 1 N–H and O–H groups in total. The maximum absolute atomic E-state index is 13.0. The van der Waals surface area contributed by atoms with E-state index in [0.29, 0.717) is 12.8 Å². The maximum Gasteiger partial charge on any atom is 0.429 e. The molecule has 0 aromatic heterocycles. The second kappa shape index (κ2) is 11.1. The minimum atomic E-state index is -4.70. The zero-order valence-corrected chi connectivity index (χ0v) is 16.8. The predicted octanol–water partition coefficient (Wildman–Crippen LogP) is 3.88. The number of ether oxygens (including phenoxy) is 2. The van der Waals surface area contributed by atoms with Crippen molar-refractivity contribution in [2.45, 2.75) is 39.3 Å². The summed E-state index contributed by atoms with van der Waals surface area (Å²) in [4.78, 5) is 28.4. The molecule has 1 saturated carbocycles. The Morgan fingerprint density at radius 1 is 1.34 bits per heavy atom. The van der Waals surface area contributed by atoms with Crippen LogP contribution in [-0.4, -0.2) is 55.5 Å². The van der Waals surface area contributed by atoms with Crippen molar-refractivity contribution >= 4 is 17.3 Å². The quantitative estimate of drug-likeness (QED) is 0.154. The molecule has 9 heteroatoms. The summed E-state index contributed by atoms with van der Waals surface area (Å²) in [6, 6.07) is 0. The van der Waals surface area contributed by atoms with E-state index in [2.05, 4.69) is 11.6 Å². The minimum absolute atomic E-state index is 0.0676. The number of nitrogens with zero attached hydrogens (tertiary/aromatic N) is 1. The highest BCUT2D eigenvalue weighted by molar-refractivity contribution is 6.23. The van der Waals surface area contributed by atoms with E-state index in [1.54, 1.807) is 6.92 Å². The normalized spacial score (nSPS) is 21.2. The molecule has 29 heavy (non-hydrogen) atoms. The van der Waals surface area contributed by atoms with Crippen LogP contribution in [0.25, 0.3) is 0 Å². The number of carbonyl (C=O) groups is 2. The highest BCUT2D eigenvalue weighted by Crippen LogP contribution is 2.30. The SMILES string of the molecule is C=C/C(C(O)=C1C(=O)CCC(CC)C1=O)=C(/COCCOC)N=C(C)C(F)(F)F. The predicted molar refractivity (Wildman–Crippen MR) is 102 cm³/mol. The van der Waals surface area contributed by atoms with Gasteiger partial charge in [0.2, 0.25) is 0 Å². The Morgan fingerprint density at radius 3 is 2.52 bits per heavy atom. The molecule has 0 amide bonds. The van der Waals surface area contributed by atoms with Gasteiger partial charge >= 0.3 is 6.18 Å². The van der Waals surface area contributed by atoms with Crippen molar-refractivity contribution in [2.24, 2.45) is 10.9 Å². The average molecular weight is 417 g/mol. The summed E-state index contributed by atoms with van der Waals surface area (Å²) >= 11 is 0. The van der Waals surface area contributed by atoms with Crippen molar-refractivity contribution in [3.8, 4) is 0 Å². The van der Waals surface area contributed by atoms with Gasteiger partial charge in [0.1, 0.15) is 17.0 Å². The van der Waals surface area contributed by atoms with Gasteiger partial charge in [-0.15, -0.1) is 0 Å². The lowest BCUT2D eigenvalue weighted by Gasteiger charge is -2.22. The third-order valence-corrected chi connectivity index (χ3v) is 4.50. The van der Waals surface area contributed by atoms with Crippen LogP contribution < -0.4 is 0 Å². The lowest BCUT2D eigenvalue weighted by atomic mass is 9.80. The highest BCUT2D eigenvalue weighted by atomic mass is 19.4. The third kappa shape index (κ3) is 6.64. The van der Waals surface area contributed by atoms with Gasteiger partial charge in [0.15, 0.2) is 11.6 Å². The topological polar surface area (TPSA) is 85.2 Å². The molecule has 0 bridgehead atoms. The molecule has 0 aromatic carbocycles. The number of hydrogen-bond donors (Lipinski definition) is 1. The van der Waals surface area contributed by atoms with Gasteiger partial charge in [-0.3, -0.25) is 9.59 Å².